The van der Waals surface area contributed by atoms with E-state index in [0.29, 0.717) is 5.96 Å². The van der Waals surface area contributed by atoms with Crippen LogP contribution in [0.5, 0.6) is 0 Å². The SMILES string of the molecule is CCO[C@@H]1C[C@@H](N=C(N)N2CCCCC2)[C@]12CCCO2. The van der Waals surface area contributed by atoms with Gasteiger partial charge in [-0.05, 0) is 39.0 Å². The zero-order valence-electron chi connectivity index (χ0n) is 12.5. The van der Waals surface area contributed by atoms with Gasteiger partial charge >= 0.3 is 0 Å². The van der Waals surface area contributed by atoms with Crippen LogP contribution in [-0.4, -0.2) is 54.9 Å². The van der Waals surface area contributed by atoms with Crippen LogP contribution in [0.1, 0.15) is 45.4 Å². The molecule has 0 radical (unpaired) electrons. The number of piperidine rings is 1. The summed E-state index contributed by atoms with van der Waals surface area (Å²) in [5, 5.41) is 0. The first-order valence-electron chi connectivity index (χ1n) is 8.10. The fourth-order valence-electron chi connectivity index (χ4n) is 3.79. The van der Waals surface area contributed by atoms with E-state index in [9.17, 15) is 0 Å². The van der Waals surface area contributed by atoms with Crippen molar-refractivity contribution in [3.63, 3.8) is 0 Å². The largest absolute Gasteiger partial charge is 0.375 e. The summed E-state index contributed by atoms with van der Waals surface area (Å²) in [4.78, 5) is 7.01. The van der Waals surface area contributed by atoms with Crippen molar-refractivity contribution in [1.82, 2.24) is 4.90 Å². The second-order valence-corrected chi connectivity index (χ2v) is 6.14. The zero-order valence-corrected chi connectivity index (χ0v) is 12.5. The van der Waals surface area contributed by atoms with Gasteiger partial charge in [0.05, 0.1) is 12.1 Å². The monoisotopic (exact) mass is 281 g/mol. The van der Waals surface area contributed by atoms with Gasteiger partial charge < -0.3 is 20.1 Å². The Hall–Kier alpha value is -0.810. The van der Waals surface area contributed by atoms with Crippen molar-refractivity contribution in [2.24, 2.45) is 10.7 Å². The first-order chi connectivity index (χ1) is 9.76. The van der Waals surface area contributed by atoms with Crippen molar-refractivity contribution < 1.29 is 9.47 Å². The molecule has 0 bridgehead atoms. The minimum atomic E-state index is -0.184. The fraction of sp³-hybridized carbons (Fsp3) is 0.933. The number of aliphatic imine (C=N–C) groups is 1. The quantitative estimate of drug-likeness (QED) is 0.629. The molecule has 5 nitrogen and oxygen atoms in total. The Morgan fingerprint density at radius 2 is 2.15 bits per heavy atom. The number of hydrogen-bond acceptors (Lipinski definition) is 3. The number of ether oxygens (including phenoxy) is 2. The van der Waals surface area contributed by atoms with Gasteiger partial charge in [-0.1, -0.05) is 0 Å². The third kappa shape index (κ3) is 2.42. The lowest BCUT2D eigenvalue weighted by molar-refractivity contribution is -0.189. The highest BCUT2D eigenvalue weighted by Gasteiger charge is 2.59. The Kier molecular flexibility index (Phi) is 4.17. The Morgan fingerprint density at radius 1 is 1.35 bits per heavy atom. The molecule has 3 atom stereocenters. The molecule has 2 heterocycles. The number of nitrogens with two attached hydrogens (primary N) is 1. The number of likely N-dealkylation sites (tertiary alicyclic amines) is 1. The second-order valence-electron chi connectivity index (χ2n) is 6.14. The van der Waals surface area contributed by atoms with Crippen LogP contribution in [-0.2, 0) is 9.47 Å². The maximum atomic E-state index is 6.21. The number of nitrogens with zero attached hydrogens (tertiary/aromatic N) is 2. The molecule has 0 amide bonds. The molecule has 2 aliphatic heterocycles. The van der Waals surface area contributed by atoms with E-state index in [0.717, 1.165) is 45.6 Å². The third-order valence-corrected chi connectivity index (χ3v) is 4.97. The third-order valence-electron chi connectivity index (χ3n) is 4.97. The van der Waals surface area contributed by atoms with Crippen molar-refractivity contribution in [2.45, 2.75) is 63.2 Å². The molecule has 0 aromatic rings. The number of guanidine groups is 1. The molecule has 3 aliphatic rings. The molecule has 2 N–H and O–H groups in total. The molecule has 1 saturated carbocycles. The van der Waals surface area contributed by atoms with Gasteiger partial charge in [-0.2, -0.15) is 0 Å². The predicted molar refractivity (Wildman–Crippen MR) is 78.8 cm³/mol. The van der Waals surface area contributed by atoms with E-state index in [-0.39, 0.29) is 17.7 Å². The molecule has 20 heavy (non-hydrogen) atoms. The Labute approximate surface area is 121 Å². The number of rotatable bonds is 3. The maximum absolute atomic E-state index is 6.21. The average molecular weight is 281 g/mol. The van der Waals surface area contributed by atoms with E-state index in [1.165, 1.54) is 19.3 Å². The summed E-state index contributed by atoms with van der Waals surface area (Å²) in [6, 6.07) is 0.184. The van der Waals surface area contributed by atoms with Gasteiger partial charge in [0.1, 0.15) is 5.60 Å². The van der Waals surface area contributed by atoms with E-state index in [1.807, 2.05) is 6.92 Å². The van der Waals surface area contributed by atoms with Crippen LogP contribution in [0.15, 0.2) is 4.99 Å². The lowest BCUT2D eigenvalue weighted by atomic mass is 9.70. The van der Waals surface area contributed by atoms with Gasteiger partial charge in [0.2, 0.25) is 0 Å². The highest BCUT2D eigenvalue weighted by atomic mass is 16.6. The molecule has 2 saturated heterocycles. The number of hydrogen-bond donors (Lipinski definition) is 1. The highest BCUT2D eigenvalue weighted by molar-refractivity contribution is 5.78. The van der Waals surface area contributed by atoms with Crippen LogP contribution >= 0.6 is 0 Å². The minimum absolute atomic E-state index is 0.184. The van der Waals surface area contributed by atoms with E-state index in [2.05, 4.69) is 4.90 Å². The van der Waals surface area contributed by atoms with Crippen molar-refractivity contribution in [2.75, 3.05) is 26.3 Å². The standard InChI is InChI=1S/C15H27N3O2/c1-2-19-13-11-12(15(13)7-6-10-20-15)17-14(16)18-8-4-3-5-9-18/h12-13H,2-11H2,1H3,(H2,16,17)/t12-,13-,15-/m1/s1. The molecule has 3 fully saturated rings. The van der Waals surface area contributed by atoms with Gasteiger partial charge in [0, 0.05) is 32.7 Å². The zero-order chi connectivity index (χ0) is 14.0. The normalized spacial score (nSPS) is 38.2. The van der Waals surface area contributed by atoms with E-state index in [4.69, 9.17) is 20.2 Å². The first kappa shape index (κ1) is 14.1. The summed E-state index contributed by atoms with van der Waals surface area (Å²) in [5.74, 6) is 0.708. The van der Waals surface area contributed by atoms with Gasteiger partial charge in [-0.15, -0.1) is 0 Å². The average Bonchev–Trinajstić information content (AvgIpc) is 2.99. The molecule has 1 aliphatic carbocycles. The first-order valence-corrected chi connectivity index (χ1v) is 8.10. The van der Waals surface area contributed by atoms with Crippen LogP contribution in [0.2, 0.25) is 0 Å². The molecule has 0 aromatic heterocycles. The topological polar surface area (TPSA) is 60.1 Å². The van der Waals surface area contributed by atoms with Gasteiger partial charge in [-0.25, -0.2) is 4.99 Å². The summed E-state index contributed by atoms with van der Waals surface area (Å²) < 4.78 is 11.9. The molecule has 114 valence electrons. The van der Waals surface area contributed by atoms with Gasteiger partial charge in [-0.3, -0.25) is 0 Å². The molecular formula is C15H27N3O2. The van der Waals surface area contributed by atoms with Crippen molar-refractivity contribution in [3.05, 3.63) is 0 Å². The maximum Gasteiger partial charge on any atom is 0.191 e. The van der Waals surface area contributed by atoms with Crippen LogP contribution in [0.25, 0.3) is 0 Å². The van der Waals surface area contributed by atoms with Crippen molar-refractivity contribution in [1.29, 1.82) is 0 Å². The second kappa shape index (κ2) is 5.90. The summed E-state index contributed by atoms with van der Waals surface area (Å²) in [6.45, 7) is 5.71. The van der Waals surface area contributed by atoms with Crippen molar-refractivity contribution in [3.8, 4) is 0 Å². The summed E-state index contributed by atoms with van der Waals surface area (Å²) in [5.41, 5.74) is 6.02. The van der Waals surface area contributed by atoms with Crippen LogP contribution in [0, 0.1) is 0 Å². The Morgan fingerprint density at radius 3 is 2.80 bits per heavy atom. The van der Waals surface area contributed by atoms with E-state index >= 15 is 0 Å². The summed E-state index contributed by atoms with van der Waals surface area (Å²) in [7, 11) is 0. The van der Waals surface area contributed by atoms with Crippen LogP contribution in [0.4, 0.5) is 0 Å². The molecule has 3 rings (SSSR count). The Balaban J connectivity index is 1.67. The fourth-order valence-corrected chi connectivity index (χ4v) is 3.79. The van der Waals surface area contributed by atoms with E-state index in [1.54, 1.807) is 0 Å². The molecular weight excluding hydrogens is 254 g/mol. The molecule has 1 spiro atoms. The van der Waals surface area contributed by atoms with Crippen LogP contribution < -0.4 is 5.73 Å². The summed E-state index contributed by atoms with van der Waals surface area (Å²) in [6.07, 6.45) is 7.08. The predicted octanol–water partition coefficient (Wildman–Crippen LogP) is 1.51. The molecule has 0 unspecified atom stereocenters. The van der Waals surface area contributed by atoms with Crippen LogP contribution in [0.3, 0.4) is 0 Å². The Bertz CT molecular complexity index is 360. The van der Waals surface area contributed by atoms with E-state index < -0.39 is 0 Å². The smallest absolute Gasteiger partial charge is 0.191 e. The van der Waals surface area contributed by atoms with Crippen molar-refractivity contribution >= 4 is 5.96 Å². The summed E-state index contributed by atoms with van der Waals surface area (Å²) >= 11 is 0. The molecule has 5 heteroatoms. The lowest BCUT2D eigenvalue weighted by Crippen LogP contribution is -2.64. The minimum Gasteiger partial charge on any atom is -0.375 e. The highest BCUT2D eigenvalue weighted by Crippen LogP contribution is 2.47. The van der Waals surface area contributed by atoms with Gasteiger partial charge in [0.25, 0.3) is 0 Å². The van der Waals surface area contributed by atoms with Gasteiger partial charge in [0.15, 0.2) is 5.96 Å². The lowest BCUT2D eigenvalue weighted by Gasteiger charge is -2.50. The molecule has 0 aromatic carbocycles.